The summed E-state index contributed by atoms with van der Waals surface area (Å²) >= 11 is 5.56. The first-order valence-electron chi connectivity index (χ1n) is 22.3. The van der Waals surface area contributed by atoms with Crippen molar-refractivity contribution in [1.82, 2.24) is 15.5 Å². The van der Waals surface area contributed by atoms with E-state index in [4.69, 9.17) is 27.4 Å². The standard InChI is InChI=1S/C50H54N5O11PS/c1-30(2)24-41(54-46(59)40(51)25-31-12-6-3-7-13-31)47(60)55(45(67(62,63)64)26-32-14-8-4-9-15-32)44(58)16-10-5-11-23-52-49(68)53-33-17-20-37-36(27-33)48(61)66-50(37)38-21-18-34(56)28-42(38)65-43-29-35(57)19-22-39(43)50/h3-4,6-9,12-15,17-22,27-30,40-41,45,56-57H,5,10-11,16,23-26,51H2,1-2H3,(H,54,59)(H2,52,53,68)(H2,62,63,64)/t40-,41-,45?/m0/s1. The van der Waals surface area contributed by atoms with Crippen LogP contribution < -0.4 is 26.4 Å². The number of imide groups is 1. The molecule has 0 saturated heterocycles. The van der Waals surface area contributed by atoms with Crippen molar-refractivity contribution >= 4 is 54.3 Å². The lowest BCUT2D eigenvalue weighted by Crippen LogP contribution is -2.57. The molecule has 3 atom stereocenters. The molecular weight excluding hydrogens is 910 g/mol. The summed E-state index contributed by atoms with van der Waals surface area (Å²) in [5.41, 5.74) is 8.43. The topological polar surface area (TPSA) is 250 Å². The fourth-order valence-electron chi connectivity index (χ4n) is 8.58. The van der Waals surface area contributed by atoms with Gasteiger partial charge in [0.05, 0.1) is 11.6 Å². The summed E-state index contributed by atoms with van der Waals surface area (Å²) in [6.07, 6.45) is 0.986. The first-order valence-corrected chi connectivity index (χ1v) is 24.4. The third-order valence-electron chi connectivity index (χ3n) is 11.8. The number of fused-ring (bicyclic) bond motifs is 6. The number of nitrogens with one attached hydrogen (secondary N) is 3. The minimum Gasteiger partial charge on any atom is -0.508 e. The number of carbonyl (C=O) groups excluding carboxylic acids is 4. The second-order valence-corrected chi connectivity index (χ2v) is 19.5. The highest BCUT2D eigenvalue weighted by Crippen LogP contribution is 2.57. The Morgan fingerprint density at radius 2 is 1.38 bits per heavy atom. The van der Waals surface area contributed by atoms with E-state index < -0.39 is 54.8 Å². The fraction of sp³-hybridized carbons (Fsp3) is 0.300. The Hall–Kier alpha value is -6.62. The normalized spacial score (nSPS) is 14.6. The second kappa shape index (κ2) is 21.1. The van der Waals surface area contributed by atoms with Gasteiger partial charge in [0.2, 0.25) is 11.8 Å². The lowest BCUT2D eigenvalue weighted by molar-refractivity contribution is -0.149. The number of nitrogens with zero attached hydrogens (tertiary/aromatic N) is 1. The first kappa shape index (κ1) is 49.3. The number of phenols is 2. The summed E-state index contributed by atoms with van der Waals surface area (Å²) in [6, 6.07) is 29.3. The number of aromatic hydroxyl groups is 2. The number of amides is 3. The highest BCUT2D eigenvalue weighted by Gasteiger charge is 2.54. The predicted molar refractivity (Wildman–Crippen MR) is 258 cm³/mol. The lowest BCUT2D eigenvalue weighted by Gasteiger charge is -2.36. The quantitative estimate of drug-likeness (QED) is 0.0197. The average Bonchev–Trinajstić information content (AvgIpc) is 3.57. The van der Waals surface area contributed by atoms with Crippen LogP contribution in [0.15, 0.2) is 115 Å². The van der Waals surface area contributed by atoms with Crippen LogP contribution in [0.3, 0.4) is 0 Å². The molecule has 2 aliphatic rings. The smallest absolute Gasteiger partial charge is 0.348 e. The van der Waals surface area contributed by atoms with E-state index in [1.807, 2.05) is 44.2 Å². The van der Waals surface area contributed by atoms with Crippen LogP contribution in [-0.4, -0.2) is 78.1 Å². The van der Waals surface area contributed by atoms with Gasteiger partial charge in [-0.25, -0.2) is 4.79 Å². The molecule has 0 bridgehead atoms. The van der Waals surface area contributed by atoms with Gasteiger partial charge in [0, 0.05) is 53.9 Å². The molecule has 0 aromatic heterocycles. The largest absolute Gasteiger partial charge is 0.508 e. The zero-order valence-electron chi connectivity index (χ0n) is 37.5. The number of anilines is 1. The van der Waals surface area contributed by atoms with E-state index in [1.54, 1.807) is 60.7 Å². The molecule has 2 heterocycles. The number of carbonyl (C=O) groups is 4. The number of benzene rings is 5. The van der Waals surface area contributed by atoms with Gasteiger partial charge in [0.25, 0.3) is 5.91 Å². The molecule has 356 valence electrons. The fourth-order valence-corrected chi connectivity index (χ4v) is 9.79. The molecule has 1 spiro atoms. The van der Waals surface area contributed by atoms with E-state index in [0.717, 1.165) is 5.56 Å². The monoisotopic (exact) mass is 963 g/mol. The SMILES string of the molecule is CC(C)C[C@H](NC(=O)[C@@H](N)Cc1ccccc1)C(=O)N(C(=O)CCCCCNC(=S)Nc1ccc2c(c1)C(=O)OC21c2ccc(O)cc2Oc2cc(O)ccc21)C(Cc1ccccc1)P(=O)(O)O. The van der Waals surface area contributed by atoms with Gasteiger partial charge in [-0.3, -0.25) is 23.8 Å². The minimum absolute atomic E-state index is 0.0549. The van der Waals surface area contributed by atoms with Crippen molar-refractivity contribution in [2.24, 2.45) is 11.7 Å². The van der Waals surface area contributed by atoms with E-state index in [0.29, 0.717) is 52.2 Å². The number of phenolic OH excluding ortho intramolecular Hbond substituents is 2. The molecule has 5 aromatic carbocycles. The van der Waals surface area contributed by atoms with Gasteiger partial charge in [-0.1, -0.05) is 87.0 Å². The molecule has 68 heavy (non-hydrogen) atoms. The number of rotatable bonds is 18. The molecule has 18 heteroatoms. The second-order valence-electron chi connectivity index (χ2n) is 17.3. The molecule has 3 amide bonds. The Balaban J connectivity index is 0.989. The van der Waals surface area contributed by atoms with Gasteiger partial charge < -0.3 is 51.2 Å². The summed E-state index contributed by atoms with van der Waals surface area (Å²) in [4.78, 5) is 77.6. The van der Waals surface area contributed by atoms with Crippen molar-refractivity contribution in [2.75, 3.05) is 11.9 Å². The van der Waals surface area contributed by atoms with Gasteiger partial charge in [-0.15, -0.1) is 0 Å². The van der Waals surface area contributed by atoms with Crippen molar-refractivity contribution in [3.63, 3.8) is 0 Å². The van der Waals surface area contributed by atoms with E-state index in [-0.39, 0.29) is 71.7 Å². The minimum atomic E-state index is -5.15. The van der Waals surface area contributed by atoms with Gasteiger partial charge in [-0.2, -0.15) is 0 Å². The molecule has 0 radical (unpaired) electrons. The van der Waals surface area contributed by atoms with Crippen molar-refractivity contribution in [2.45, 2.75) is 82.3 Å². The van der Waals surface area contributed by atoms with Crippen molar-refractivity contribution in [1.29, 1.82) is 0 Å². The Morgan fingerprint density at radius 3 is 1.97 bits per heavy atom. The number of nitrogens with two attached hydrogens (primary N) is 1. The summed E-state index contributed by atoms with van der Waals surface area (Å²) < 4.78 is 25.4. The Bertz CT molecular complexity index is 2680. The molecule has 16 nitrogen and oxygen atoms in total. The third-order valence-corrected chi connectivity index (χ3v) is 13.2. The van der Waals surface area contributed by atoms with Crippen LogP contribution in [0, 0.1) is 5.92 Å². The first-order chi connectivity index (χ1) is 32.4. The maximum absolute atomic E-state index is 14.5. The average molecular weight is 964 g/mol. The number of ether oxygens (including phenoxy) is 2. The van der Waals surface area contributed by atoms with E-state index in [9.17, 15) is 43.7 Å². The molecular formula is C50H54N5O11PS. The summed E-state index contributed by atoms with van der Waals surface area (Å²) in [5.74, 6) is -4.54. The summed E-state index contributed by atoms with van der Waals surface area (Å²) in [7, 11) is -5.15. The maximum atomic E-state index is 14.5. The third kappa shape index (κ3) is 11.2. The van der Waals surface area contributed by atoms with E-state index in [2.05, 4.69) is 16.0 Å². The Kier molecular flexibility index (Phi) is 15.3. The van der Waals surface area contributed by atoms with Gasteiger partial charge in [0.15, 0.2) is 10.7 Å². The van der Waals surface area contributed by atoms with Gasteiger partial charge >= 0.3 is 13.6 Å². The zero-order chi connectivity index (χ0) is 48.8. The number of hydrogen-bond acceptors (Lipinski definition) is 11. The molecule has 0 saturated carbocycles. The zero-order valence-corrected chi connectivity index (χ0v) is 39.2. The van der Waals surface area contributed by atoms with Crippen LogP contribution in [0.25, 0.3) is 0 Å². The molecule has 2 aliphatic heterocycles. The van der Waals surface area contributed by atoms with E-state index >= 15 is 0 Å². The highest BCUT2D eigenvalue weighted by atomic mass is 32.1. The van der Waals surface area contributed by atoms with Crippen LogP contribution in [0.5, 0.6) is 23.0 Å². The molecule has 5 aromatic rings. The van der Waals surface area contributed by atoms with E-state index in [1.165, 1.54) is 24.3 Å². The van der Waals surface area contributed by atoms with Crippen molar-refractivity contribution in [3.05, 3.63) is 149 Å². The molecule has 7 rings (SSSR count). The van der Waals surface area contributed by atoms with Gasteiger partial charge in [0.1, 0.15) is 34.8 Å². The number of hydrogen-bond donors (Lipinski definition) is 8. The highest BCUT2D eigenvalue weighted by molar-refractivity contribution is 7.80. The van der Waals surface area contributed by atoms with Crippen LogP contribution in [0.1, 0.15) is 84.1 Å². The number of thiocarbonyl (C=S) groups is 1. The molecule has 0 aliphatic carbocycles. The van der Waals surface area contributed by atoms with Crippen molar-refractivity contribution in [3.8, 4) is 23.0 Å². The molecule has 0 fully saturated rings. The van der Waals surface area contributed by atoms with Crippen LogP contribution >= 0.6 is 19.8 Å². The van der Waals surface area contributed by atoms with Crippen molar-refractivity contribution < 1.29 is 53.2 Å². The van der Waals surface area contributed by atoms with Crippen LogP contribution in [0.2, 0.25) is 0 Å². The Morgan fingerprint density at radius 1 is 0.794 bits per heavy atom. The Labute approximate surface area is 399 Å². The maximum Gasteiger partial charge on any atom is 0.348 e. The lowest BCUT2D eigenvalue weighted by atomic mass is 9.77. The predicted octanol–water partition coefficient (Wildman–Crippen LogP) is 6.72. The summed E-state index contributed by atoms with van der Waals surface area (Å²) in [5, 5.41) is 29.6. The van der Waals surface area contributed by atoms with Gasteiger partial charge in [-0.05, 0) is 91.3 Å². The summed E-state index contributed by atoms with van der Waals surface area (Å²) in [6.45, 7) is 4.02. The number of unbranched alkanes of at least 4 members (excludes halogenated alkanes) is 2. The van der Waals surface area contributed by atoms with Crippen LogP contribution in [-0.2, 0) is 42.1 Å². The number of esters is 1. The van der Waals surface area contributed by atoms with Crippen LogP contribution in [0.4, 0.5) is 5.69 Å². The molecule has 1 unspecified atom stereocenters. The molecule has 9 N–H and O–H groups in total.